The van der Waals surface area contributed by atoms with Crippen LogP contribution in [0, 0.1) is 0 Å². The van der Waals surface area contributed by atoms with Crippen LogP contribution < -0.4 is 0 Å². The van der Waals surface area contributed by atoms with E-state index in [0.717, 1.165) is 16.6 Å². The van der Waals surface area contributed by atoms with Crippen molar-refractivity contribution in [2.45, 2.75) is 19.9 Å². The third-order valence-corrected chi connectivity index (χ3v) is 3.76. The minimum absolute atomic E-state index is 0.122. The SMILES string of the molecule is COC(=O)c1cccc2c(-c3ccc(O)cc3)n(C(C)C)nc12. The zero-order valence-electron chi connectivity index (χ0n) is 13.3. The molecule has 0 atom stereocenters. The molecule has 3 rings (SSSR count). The number of fused-ring (bicyclic) bond motifs is 1. The summed E-state index contributed by atoms with van der Waals surface area (Å²) < 4.78 is 6.75. The van der Waals surface area contributed by atoms with Gasteiger partial charge in [-0.1, -0.05) is 12.1 Å². The number of esters is 1. The Hall–Kier alpha value is -2.82. The minimum atomic E-state index is -0.402. The molecule has 5 nitrogen and oxygen atoms in total. The van der Waals surface area contributed by atoms with Crippen LogP contribution in [0.4, 0.5) is 0 Å². The van der Waals surface area contributed by atoms with Crippen LogP contribution in [0.2, 0.25) is 0 Å². The summed E-state index contributed by atoms with van der Waals surface area (Å²) >= 11 is 0. The molecule has 0 unspecified atom stereocenters. The number of carbonyl (C=O) groups excluding carboxylic acids is 1. The summed E-state index contributed by atoms with van der Waals surface area (Å²) in [6, 6.07) is 12.6. The molecule has 3 aromatic rings. The van der Waals surface area contributed by atoms with Gasteiger partial charge < -0.3 is 9.84 Å². The highest BCUT2D eigenvalue weighted by Gasteiger charge is 2.20. The smallest absolute Gasteiger partial charge is 0.340 e. The number of hydrogen-bond acceptors (Lipinski definition) is 4. The minimum Gasteiger partial charge on any atom is -0.508 e. The van der Waals surface area contributed by atoms with Crippen LogP contribution in [0.1, 0.15) is 30.2 Å². The van der Waals surface area contributed by atoms with Crippen LogP contribution in [-0.4, -0.2) is 28.0 Å². The maximum Gasteiger partial charge on any atom is 0.340 e. The van der Waals surface area contributed by atoms with Crippen molar-refractivity contribution < 1.29 is 14.6 Å². The summed E-state index contributed by atoms with van der Waals surface area (Å²) in [4.78, 5) is 12.0. The van der Waals surface area contributed by atoms with Gasteiger partial charge in [-0.25, -0.2) is 4.79 Å². The summed E-state index contributed by atoms with van der Waals surface area (Å²) in [5, 5.41) is 15.0. The van der Waals surface area contributed by atoms with E-state index in [1.807, 2.05) is 42.8 Å². The third kappa shape index (κ3) is 2.54. The molecule has 118 valence electrons. The topological polar surface area (TPSA) is 64.3 Å². The van der Waals surface area contributed by atoms with E-state index in [4.69, 9.17) is 4.74 Å². The predicted octanol–water partition coefficient (Wildman–Crippen LogP) is 3.78. The van der Waals surface area contributed by atoms with Crippen LogP contribution >= 0.6 is 0 Å². The lowest BCUT2D eigenvalue weighted by molar-refractivity contribution is 0.0602. The van der Waals surface area contributed by atoms with Crippen molar-refractivity contribution in [3.63, 3.8) is 0 Å². The van der Waals surface area contributed by atoms with Gasteiger partial charge in [-0.05, 0) is 44.2 Å². The number of ether oxygens (including phenoxy) is 1. The zero-order valence-corrected chi connectivity index (χ0v) is 13.3. The van der Waals surface area contributed by atoms with E-state index in [9.17, 15) is 9.90 Å². The summed E-state index contributed by atoms with van der Waals surface area (Å²) in [7, 11) is 1.36. The van der Waals surface area contributed by atoms with Crippen molar-refractivity contribution >= 4 is 16.9 Å². The Morgan fingerprint density at radius 3 is 2.48 bits per heavy atom. The van der Waals surface area contributed by atoms with E-state index < -0.39 is 5.97 Å². The fourth-order valence-electron chi connectivity index (χ4n) is 2.68. The summed E-state index contributed by atoms with van der Waals surface area (Å²) in [6.07, 6.45) is 0. The Kier molecular flexibility index (Phi) is 3.78. The Morgan fingerprint density at radius 2 is 1.87 bits per heavy atom. The van der Waals surface area contributed by atoms with Gasteiger partial charge in [0.2, 0.25) is 0 Å². The number of hydrogen-bond donors (Lipinski definition) is 1. The first-order valence-electron chi connectivity index (χ1n) is 7.42. The number of carbonyl (C=O) groups is 1. The Labute approximate surface area is 134 Å². The van der Waals surface area contributed by atoms with Crippen LogP contribution in [0.3, 0.4) is 0 Å². The van der Waals surface area contributed by atoms with Gasteiger partial charge in [-0.2, -0.15) is 5.10 Å². The molecule has 2 aromatic carbocycles. The molecule has 0 fully saturated rings. The van der Waals surface area contributed by atoms with Gasteiger partial charge in [0, 0.05) is 17.0 Å². The molecule has 5 heteroatoms. The second-order valence-corrected chi connectivity index (χ2v) is 5.63. The van der Waals surface area contributed by atoms with Crippen molar-refractivity contribution in [3.05, 3.63) is 48.0 Å². The van der Waals surface area contributed by atoms with E-state index in [1.165, 1.54) is 7.11 Å². The number of methoxy groups -OCH3 is 1. The van der Waals surface area contributed by atoms with Gasteiger partial charge in [0.25, 0.3) is 0 Å². The van der Waals surface area contributed by atoms with E-state index >= 15 is 0 Å². The Bertz CT molecular complexity index is 864. The molecule has 0 aliphatic rings. The van der Waals surface area contributed by atoms with Crippen molar-refractivity contribution in [2.75, 3.05) is 7.11 Å². The van der Waals surface area contributed by atoms with Gasteiger partial charge in [-0.15, -0.1) is 0 Å². The fourth-order valence-corrected chi connectivity index (χ4v) is 2.68. The highest BCUT2D eigenvalue weighted by molar-refractivity contribution is 6.06. The lowest BCUT2D eigenvalue weighted by atomic mass is 10.0. The van der Waals surface area contributed by atoms with Gasteiger partial charge in [-0.3, -0.25) is 4.68 Å². The number of nitrogens with zero attached hydrogens (tertiary/aromatic N) is 2. The molecule has 0 aliphatic carbocycles. The number of phenols is 1. The number of aromatic hydroxyl groups is 1. The number of phenolic OH excluding ortho intramolecular Hbond substituents is 1. The molecule has 0 bridgehead atoms. The summed E-state index contributed by atoms with van der Waals surface area (Å²) in [5.74, 6) is -0.190. The van der Waals surface area contributed by atoms with E-state index in [2.05, 4.69) is 5.10 Å². The van der Waals surface area contributed by atoms with Crippen molar-refractivity contribution in [1.29, 1.82) is 0 Å². The summed E-state index contributed by atoms with van der Waals surface area (Å²) in [5.41, 5.74) is 2.92. The highest BCUT2D eigenvalue weighted by atomic mass is 16.5. The number of rotatable bonds is 3. The van der Waals surface area contributed by atoms with Gasteiger partial charge in [0.15, 0.2) is 0 Å². The van der Waals surface area contributed by atoms with Gasteiger partial charge in [0.1, 0.15) is 11.3 Å². The Balaban J connectivity index is 2.33. The maximum absolute atomic E-state index is 12.0. The van der Waals surface area contributed by atoms with Crippen LogP contribution in [0.15, 0.2) is 42.5 Å². The molecule has 0 aliphatic heterocycles. The molecule has 0 saturated heterocycles. The van der Waals surface area contributed by atoms with E-state index in [0.29, 0.717) is 11.1 Å². The lowest BCUT2D eigenvalue weighted by Crippen LogP contribution is -2.05. The Morgan fingerprint density at radius 1 is 1.17 bits per heavy atom. The van der Waals surface area contributed by atoms with Crippen molar-refractivity contribution in [2.24, 2.45) is 0 Å². The predicted molar refractivity (Wildman–Crippen MR) is 88.6 cm³/mol. The largest absolute Gasteiger partial charge is 0.508 e. The normalized spacial score (nSPS) is 11.1. The highest BCUT2D eigenvalue weighted by Crippen LogP contribution is 2.33. The monoisotopic (exact) mass is 310 g/mol. The first-order valence-corrected chi connectivity index (χ1v) is 7.42. The standard InChI is InChI=1S/C18H18N2O3/c1-11(2)20-17(12-7-9-13(21)10-8-12)14-5-4-6-15(16(14)19-20)18(22)23-3/h4-11,21H,1-3H3. The number of benzene rings is 2. The van der Waals surface area contributed by atoms with Gasteiger partial charge >= 0.3 is 5.97 Å². The second kappa shape index (κ2) is 5.76. The molecule has 1 heterocycles. The fraction of sp³-hybridized carbons (Fsp3) is 0.222. The first-order chi connectivity index (χ1) is 11.0. The quantitative estimate of drug-likeness (QED) is 0.748. The summed E-state index contributed by atoms with van der Waals surface area (Å²) in [6.45, 7) is 4.07. The number of aromatic nitrogens is 2. The second-order valence-electron chi connectivity index (χ2n) is 5.63. The average Bonchev–Trinajstić information content (AvgIpc) is 2.94. The van der Waals surface area contributed by atoms with Crippen LogP contribution in [0.25, 0.3) is 22.2 Å². The lowest BCUT2D eigenvalue weighted by Gasteiger charge is -2.11. The van der Waals surface area contributed by atoms with Crippen molar-refractivity contribution in [1.82, 2.24) is 9.78 Å². The van der Waals surface area contributed by atoms with E-state index in [1.54, 1.807) is 18.2 Å². The van der Waals surface area contributed by atoms with E-state index in [-0.39, 0.29) is 11.8 Å². The molecule has 0 spiro atoms. The molecular formula is C18H18N2O3. The molecule has 0 amide bonds. The first kappa shape index (κ1) is 15.1. The third-order valence-electron chi connectivity index (χ3n) is 3.76. The molecule has 0 radical (unpaired) electrons. The molecular weight excluding hydrogens is 292 g/mol. The van der Waals surface area contributed by atoms with Gasteiger partial charge in [0.05, 0.1) is 18.4 Å². The maximum atomic E-state index is 12.0. The zero-order chi connectivity index (χ0) is 16.6. The van der Waals surface area contributed by atoms with Crippen LogP contribution in [-0.2, 0) is 4.74 Å². The molecule has 0 saturated carbocycles. The average molecular weight is 310 g/mol. The molecule has 23 heavy (non-hydrogen) atoms. The molecule has 1 aromatic heterocycles. The van der Waals surface area contributed by atoms with Crippen LogP contribution in [0.5, 0.6) is 5.75 Å². The molecule has 1 N–H and O–H groups in total. The van der Waals surface area contributed by atoms with Crippen molar-refractivity contribution in [3.8, 4) is 17.0 Å².